The number of hydrogen-bond donors (Lipinski definition) is 1. The summed E-state index contributed by atoms with van der Waals surface area (Å²) in [4.78, 5) is 30.8. The van der Waals surface area contributed by atoms with Crippen LogP contribution >= 0.6 is 0 Å². The van der Waals surface area contributed by atoms with Crippen LogP contribution in [0.15, 0.2) is 102 Å². The third kappa shape index (κ3) is 4.78. The van der Waals surface area contributed by atoms with Gasteiger partial charge in [0.15, 0.2) is 5.69 Å². The van der Waals surface area contributed by atoms with Gasteiger partial charge in [-0.25, -0.2) is 9.67 Å². The molecule has 1 N–H and O–H groups in total. The van der Waals surface area contributed by atoms with E-state index in [2.05, 4.69) is 15.4 Å². The largest absolute Gasteiger partial charge is 0.497 e. The van der Waals surface area contributed by atoms with Gasteiger partial charge in [-0.05, 0) is 48.0 Å². The molecule has 0 fully saturated rings. The lowest BCUT2D eigenvalue weighted by molar-refractivity contribution is 0.102. The van der Waals surface area contributed by atoms with Crippen LogP contribution in [0.2, 0.25) is 0 Å². The van der Waals surface area contributed by atoms with Crippen molar-refractivity contribution in [2.24, 2.45) is 0 Å². The van der Waals surface area contributed by atoms with E-state index in [1.807, 2.05) is 30.3 Å². The zero-order chi connectivity index (χ0) is 24.9. The molecular formula is C28H22N4O4. The zero-order valence-corrected chi connectivity index (χ0v) is 19.4. The Bertz CT molecular complexity index is 1580. The van der Waals surface area contributed by atoms with Crippen molar-refractivity contribution in [1.29, 1.82) is 0 Å². The fourth-order valence-corrected chi connectivity index (χ4v) is 3.77. The fourth-order valence-electron chi connectivity index (χ4n) is 3.77. The van der Waals surface area contributed by atoms with Crippen LogP contribution in [-0.2, 0) is 6.54 Å². The molecule has 0 bridgehead atoms. The van der Waals surface area contributed by atoms with E-state index in [0.29, 0.717) is 28.0 Å². The van der Waals surface area contributed by atoms with Crippen molar-refractivity contribution in [2.75, 3.05) is 12.4 Å². The number of nitrogens with one attached hydrogen (secondary N) is 1. The molecule has 5 aromatic rings. The molecule has 5 rings (SSSR count). The van der Waals surface area contributed by atoms with Gasteiger partial charge < -0.3 is 14.8 Å². The van der Waals surface area contributed by atoms with Gasteiger partial charge >= 0.3 is 0 Å². The lowest BCUT2D eigenvalue weighted by atomic mass is 10.1. The molecule has 0 unspecified atom stereocenters. The molecule has 2 aromatic heterocycles. The zero-order valence-electron chi connectivity index (χ0n) is 19.4. The van der Waals surface area contributed by atoms with E-state index in [1.54, 1.807) is 74.0 Å². The topological polar surface area (TPSA) is 95.3 Å². The molecule has 178 valence electrons. The molecule has 0 saturated carbocycles. The minimum atomic E-state index is -0.486. The van der Waals surface area contributed by atoms with Gasteiger partial charge in [-0.15, -0.1) is 0 Å². The Kier molecular flexibility index (Phi) is 6.40. The van der Waals surface area contributed by atoms with Gasteiger partial charge in [0.2, 0.25) is 5.88 Å². The molecule has 0 aliphatic carbocycles. The second-order valence-corrected chi connectivity index (χ2v) is 7.93. The molecule has 2 heterocycles. The first-order valence-corrected chi connectivity index (χ1v) is 11.2. The van der Waals surface area contributed by atoms with E-state index in [0.717, 1.165) is 5.56 Å². The van der Waals surface area contributed by atoms with Gasteiger partial charge in [0.25, 0.3) is 11.5 Å². The lowest BCUT2D eigenvalue weighted by Gasteiger charge is -2.13. The quantitative estimate of drug-likeness (QED) is 0.358. The van der Waals surface area contributed by atoms with E-state index < -0.39 is 5.91 Å². The van der Waals surface area contributed by atoms with Crippen LogP contribution in [0.25, 0.3) is 10.8 Å². The minimum Gasteiger partial charge on any atom is -0.497 e. The summed E-state index contributed by atoms with van der Waals surface area (Å²) in [6, 6.07) is 26.8. The molecule has 0 aliphatic heterocycles. The summed E-state index contributed by atoms with van der Waals surface area (Å²) in [6.07, 6.45) is 1.57. The van der Waals surface area contributed by atoms with Crippen LogP contribution in [0.5, 0.6) is 17.4 Å². The van der Waals surface area contributed by atoms with Gasteiger partial charge in [0.1, 0.15) is 17.2 Å². The number of amides is 1. The highest BCUT2D eigenvalue weighted by Gasteiger charge is 2.19. The van der Waals surface area contributed by atoms with E-state index in [4.69, 9.17) is 9.47 Å². The Balaban J connectivity index is 1.48. The molecule has 36 heavy (non-hydrogen) atoms. The number of methoxy groups -OCH3 is 1. The molecular weight excluding hydrogens is 456 g/mol. The molecule has 0 atom stereocenters. The first-order valence-electron chi connectivity index (χ1n) is 11.2. The van der Waals surface area contributed by atoms with Crippen molar-refractivity contribution in [3.63, 3.8) is 0 Å². The number of anilines is 1. The molecule has 0 aliphatic rings. The molecule has 0 saturated heterocycles. The smallest absolute Gasteiger partial charge is 0.276 e. The fraction of sp³-hybridized carbons (Fsp3) is 0.0714. The number of aromatic nitrogens is 3. The van der Waals surface area contributed by atoms with Crippen molar-refractivity contribution in [3.8, 4) is 17.4 Å². The maximum absolute atomic E-state index is 13.4. The Hall–Kier alpha value is -4.98. The first kappa shape index (κ1) is 22.8. The Morgan fingerprint density at radius 2 is 1.56 bits per heavy atom. The SMILES string of the molecule is COc1ccc(Oc2ncccc2NC(=O)c2nn(Cc3ccccc3)c(=O)c3ccccc23)cc1. The van der Waals surface area contributed by atoms with Crippen molar-refractivity contribution in [1.82, 2.24) is 14.8 Å². The maximum atomic E-state index is 13.4. The van der Waals surface area contributed by atoms with Crippen molar-refractivity contribution in [2.45, 2.75) is 6.54 Å². The molecule has 1 amide bonds. The molecule has 0 radical (unpaired) electrons. The third-order valence-electron chi connectivity index (χ3n) is 5.55. The highest BCUT2D eigenvalue weighted by atomic mass is 16.5. The van der Waals surface area contributed by atoms with Gasteiger partial charge in [-0.2, -0.15) is 5.10 Å². The second-order valence-electron chi connectivity index (χ2n) is 7.93. The summed E-state index contributed by atoms with van der Waals surface area (Å²) >= 11 is 0. The van der Waals surface area contributed by atoms with Crippen molar-refractivity contribution >= 4 is 22.4 Å². The number of ether oxygens (including phenoxy) is 2. The summed E-state index contributed by atoms with van der Waals surface area (Å²) in [7, 11) is 1.59. The Morgan fingerprint density at radius 3 is 2.31 bits per heavy atom. The summed E-state index contributed by atoms with van der Waals surface area (Å²) in [5.41, 5.74) is 1.12. The molecule has 8 heteroatoms. The molecule has 8 nitrogen and oxygen atoms in total. The normalized spacial score (nSPS) is 10.7. The highest BCUT2D eigenvalue weighted by molar-refractivity contribution is 6.11. The van der Waals surface area contributed by atoms with E-state index in [9.17, 15) is 9.59 Å². The van der Waals surface area contributed by atoms with Crippen LogP contribution in [-0.4, -0.2) is 27.8 Å². The lowest BCUT2D eigenvalue weighted by Crippen LogP contribution is -2.28. The maximum Gasteiger partial charge on any atom is 0.276 e. The van der Waals surface area contributed by atoms with Gasteiger partial charge in [0, 0.05) is 11.6 Å². The predicted molar refractivity (Wildman–Crippen MR) is 137 cm³/mol. The third-order valence-corrected chi connectivity index (χ3v) is 5.55. The number of carbonyl (C=O) groups excluding carboxylic acids is 1. The number of pyridine rings is 1. The molecule has 0 spiro atoms. The number of hydrogen-bond acceptors (Lipinski definition) is 6. The van der Waals surface area contributed by atoms with Crippen molar-refractivity contribution < 1.29 is 14.3 Å². The van der Waals surface area contributed by atoms with E-state index >= 15 is 0 Å². The van der Waals surface area contributed by atoms with Crippen LogP contribution in [0.3, 0.4) is 0 Å². The summed E-state index contributed by atoms with van der Waals surface area (Å²) in [5.74, 6) is 0.962. The highest BCUT2D eigenvalue weighted by Crippen LogP contribution is 2.28. The first-order chi connectivity index (χ1) is 17.6. The number of benzene rings is 3. The average Bonchev–Trinajstić information content (AvgIpc) is 2.92. The van der Waals surface area contributed by atoms with Gasteiger partial charge in [-0.1, -0.05) is 48.5 Å². The van der Waals surface area contributed by atoms with Gasteiger partial charge in [-0.3, -0.25) is 9.59 Å². The molecule has 3 aromatic carbocycles. The number of nitrogens with zero attached hydrogens (tertiary/aromatic N) is 3. The van der Waals surface area contributed by atoms with Crippen LogP contribution in [0, 0.1) is 0 Å². The second kappa shape index (κ2) is 10.1. The Labute approximate surface area is 206 Å². The van der Waals surface area contributed by atoms with E-state index in [-0.39, 0.29) is 23.7 Å². The standard InChI is InChI=1S/C28H22N4O4/c1-35-20-13-15-21(16-14-20)36-27-24(12-7-17-29-27)30-26(33)25-22-10-5-6-11-23(22)28(34)32(31-25)18-19-8-3-2-4-9-19/h2-17H,18H2,1H3,(H,30,33). The monoisotopic (exact) mass is 478 g/mol. The number of carbonyl (C=O) groups is 1. The van der Waals surface area contributed by atoms with Crippen LogP contribution < -0.4 is 20.3 Å². The van der Waals surface area contributed by atoms with E-state index in [1.165, 1.54) is 4.68 Å². The summed E-state index contributed by atoms with van der Waals surface area (Å²) in [5, 5.41) is 8.16. The van der Waals surface area contributed by atoms with Gasteiger partial charge in [0.05, 0.1) is 19.0 Å². The Morgan fingerprint density at radius 1 is 0.861 bits per heavy atom. The summed E-state index contributed by atoms with van der Waals surface area (Å²) in [6.45, 7) is 0.240. The minimum absolute atomic E-state index is 0.125. The number of rotatable bonds is 7. The van der Waals surface area contributed by atoms with Crippen LogP contribution in [0.4, 0.5) is 5.69 Å². The number of fused-ring (bicyclic) bond motifs is 1. The predicted octanol–water partition coefficient (Wildman–Crippen LogP) is 4.89. The average molecular weight is 479 g/mol. The summed E-state index contributed by atoms with van der Waals surface area (Å²) < 4.78 is 12.4. The van der Waals surface area contributed by atoms with Crippen molar-refractivity contribution in [3.05, 3.63) is 119 Å². The van der Waals surface area contributed by atoms with Crippen LogP contribution in [0.1, 0.15) is 16.1 Å².